The summed E-state index contributed by atoms with van der Waals surface area (Å²) in [5, 5.41) is 18.4. The Morgan fingerprint density at radius 1 is 1.17 bits per heavy atom. The van der Waals surface area contributed by atoms with Crippen molar-refractivity contribution in [3.8, 4) is 0 Å². The lowest BCUT2D eigenvalue weighted by molar-refractivity contribution is -0.132. The first kappa shape index (κ1) is 32.1. The number of nitrogens with two attached hydrogens (primary N) is 1. The Labute approximate surface area is 239 Å². The van der Waals surface area contributed by atoms with Gasteiger partial charge in [0.25, 0.3) is 0 Å². The Bertz CT molecular complexity index is 1250. The monoisotopic (exact) mass is 573 g/mol. The summed E-state index contributed by atoms with van der Waals surface area (Å²) in [5.74, 6) is -2.53. The van der Waals surface area contributed by atoms with Gasteiger partial charge in [0.1, 0.15) is 11.6 Å². The molecule has 1 heterocycles. The Hall–Kier alpha value is -3.44. The third-order valence-corrected chi connectivity index (χ3v) is 7.34. The SMILES string of the molecule is CCCN(CCC)C(=O)C1=CC(C)=CC(C(N)=O)([C@H](Cc2cc(F)cc(F)c2)[C@@H](O)CNCc2nc(CC)no2)C1. The number of nitrogens with one attached hydrogen (secondary N) is 1. The Balaban J connectivity index is 1.97. The first-order valence-corrected chi connectivity index (χ1v) is 14.2. The second-order valence-electron chi connectivity index (χ2n) is 10.7. The van der Waals surface area contributed by atoms with Gasteiger partial charge in [-0.1, -0.05) is 43.7 Å². The average Bonchev–Trinajstić information content (AvgIpc) is 3.38. The van der Waals surface area contributed by atoms with E-state index in [1.165, 1.54) is 12.1 Å². The number of halogens is 2. The van der Waals surface area contributed by atoms with Crippen LogP contribution in [0.5, 0.6) is 0 Å². The number of carbonyl (C=O) groups excluding carboxylic acids is 2. The molecule has 224 valence electrons. The van der Waals surface area contributed by atoms with Crippen LogP contribution in [0.2, 0.25) is 0 Å². The maximum atomic E-state index is 14.2. The summed E-state index contributed by atoms with van der Waals surface area (Å²) in [5.41, 5.74) is 5.85. The maximum absolute atomic E-state index is 14.2. The van der Waals surface area contributed by atoms with Gasteiger partial charge in [-0.15, -0.1) is 0 Å². The summed E-state index contributed by atoms with van der Waals surface area (Å²) in [6, 6.07) is 3.10. The lowest BCUT2D eigenvalue weighted by Crippen LogP contribution is -2.51. The molecule has 1 aromatic carbocycles. The molecule has 0 saturated heterocycles. The van der Waals surface area contributed by atoms with Crippen molar-refractivity contribution in [2.24, 2.45) is 17.1 Å². The van der Waals surface area contributed by atoms with E-state index in [2.05, 4.69) is 15.5 Å². The zero-order valence-corrected chi connectivity index (χ0v) is 24.3. The third-order valence-electron chi connectivity index (χ3n) is 7.34. The van der Waals surface area contributed by atoms with Gasteiger partial charge in [0, 0.05) is 43.6 Å². The standard InChI is InChI=1S/C30H41F2N5O4/c1-5-8-37(9-6-2)28(39)21-10-19(4)15-30(16-21,29(33)40)24(13-20-11-22(31)14-23(32)12-20)25(38)17-34-18-27-35-26(7-3)36-41-27/h10-12,14-15,24-25,34,38H,5-9,13,16-18H2,1-4H3,(H2,33,40)/t24-,25+,30?/m1/s1. The lowest BCUT2D eigenvalue weighted by Gasteiger charge is -2.42. The van der Waals surface area contributed by atoms with E-state index in [0.29, 0.717) is 42.4 Å². The molecule has 3 atom stereocenters. The van der Waals surface area contributed by atoms with Gasteiger partial charge in [-0.05, 0) is 50.3 Å². The van der Waals surface area contributed by atoms with Crippen LogP contribution in [0.4, 0.5) is 8.78 Å². The predicted molar refractivity (Wildman–Crippen MR) is 150 cm³/mol. The fourth-order valence-electron chi connectivity index (χ4n) is 5.53. The topological polar surface area (TPSA) is 135 Å². The van der Waals surface area contributed by atoms with E-state index in [0.717, 1.165) is 18.9 Å². The minimum absolute atomic E-state index is 0.0149. The predicted octanol–water partition coefficient (Wildman–Crippen LogP) is 3.62. The second-order valence-corrected chi connectivity index (χ2v) is 10.7. The smallest absolute Gasteiger partial charge is 0.249 e. The minimum atomic E-state index is -1.50. The van der Waals surface area contributed by atoms with Crippen molar-refractivity contribution in [1.82, 2.24) is 20.4 Å². The van der Waals surface area contributed by atoms with Crippen molar-refractivity contribution in [1.29, 1.82) is 0 Å². The molecule has 41 heavy (non-hydrogen) atoms. The van der Waals surface area contributed by atoms with Gasteiger partial charge in [-0.2, -0.15) is 4.98 Å². The highest BCUT2D eigenvalue weighted by Gasteiger charge is 2.48. The molecule has 4 N–H and O–H groups in total. The molecule has 0 spiro atoms. The Morgan fingerprint density at radius 2 is 1.83 bits per heavy atom. The van der Waals surface area contributed by atoms with Crippen LogP contribution in [-0.2, 0) is 29.0 Å². The summed E-state index contributed by atoms with van der Waals surface area (Å²) in [6.45, 7) is 8.90. The van der Waals surface area contributed by atoms with Gasteiger partial charge in [-0.3, -0.25) is 9.59 Å². The van der Waals surface area contributed by atoms with E-state index in [4.69, 9.17) is 10.3 Å². The van der Waals surface area contributed by atoms with E-state index in [1.807, 2.05) is 20.8 Å². The van der Waals surface area contributed by atoms with Crippen LogP contribution >= 0.6 is 0 Å². The number of aliphatic hydroxyl groups is 1. The zero-order valence-electron chi connectivity index (χ0n) is 24.3. The van der Waals surface area contributed by atoms with Crippen molar-refractivity contribution in [3.05, 3.63) is 70.4 Å². The Kier molecular flexibility index (Phi) is 11.3. The first-order valence-electron chi connectivity index (χ1n) is 14.2. The van der Waals surface area contributed by atoms with Gasteiger partial charge in [-0.25, -0.2) is 8.78 Å². The van der Waals surface area contributed by atoms with Crippen LogP contribution in [0, 0.1) is 23.0 Å². The highest BCUT2D eigenvalue weighted by Crippen LogP contribution is 2.44. The first-order chi connectivity index (χ1) is 19.5. The second kappa shape index (κ2) is 14.5. The van der Waals surface area contributed by atoms with Gasteiger partial charge in [0.05, 0.1) is 18.1 Å². The largest absolute Gasteiger partial charge is 0.391 e. The van der Waals surface area contributed by atoms with Crippen molar-refractivity contribution in [3.63, 3.8) is 0 Å². The zero-order chi connectivity index (χ0) is 30.2. The number of hydrogen-bond donors (Lipinski definition) is 3. The van der Waals surface area contributed by atoms with Crippen LogP contribution < -0.4 is 11.1 Å². The van der Waals surface area contributed by atoms with Crippen molar-refractivity contribution >= 4 is 11.8 Å². The van der Waals surface area contributed by atoms with Crippen LogP contribution in [0.1, 0.15) is 64.2 Å². The van der Waals surface area contributed by atoms with Gasteiger partial charge >= 0.3 is 0 Å². The number of aliphatic hydroxyl groups excluding tert-OH is 1. The molecule has 9 nitrogen and oxygen atoms in total. The summed E-state index contributed by atoms with van der Waals surface area (Å²) < 4.78 is 33.5. The molecule has 0 bridgehead atoms. The number of carbonyl (C=O) groups is 2. The highest BCUT2D eigenvalue weighted by molar-refractivity contribution is 5.96. The fourth-order valence-corrected chi connectivity index (χ4v) is 5.53. The number of allylic oxidation sites excluding steroid dienone is 2. The number of primary amides is 1. The third kappa shape index (κ3) is 8.07. The number of aryl methyl sites for hydroxylation is 1. The molecule has 1 aliphatic rings. The summed E-state index contributed by atoms with van der Waals surface area (Å²) in [6.07, 6.45) is 4.24. The van der Waals surface area contributed by atoms with Crippen LogP contribution in [0.25, 0.3) is 0 Å². The molecule has 0 saturated carbocycles. The molecular weight excluding hydrogens is 532 g/mol. The molecule has 0 aliphatic heterocycles. The summed E-state index contributed by atoms with van der Waals surface area (Å²) in [7, 11) is 0. The maximum Gasteiger partial charge on any atom is 0.249 e. The van der Waals surface area contributed by atoms with Crippen molar-refractivity contribution in [2.75, 3.05) is 19.6 Å². The summed E-state index contributed by atoms with van der Waals surface area (Å²) in [4.78, 5) is 32.9. The lowest BCUT2D eigenvalue weighted by atomic mass is 9.63. The molecule has 0 fully saturated rings. The van der Waals surface area contributed by atoms with Crippen LogP contribution in [0.3, 0.4) is 0 Å². The number of hydrogen-bond acceptors (Lipinski definition) is 7. The van der Waals surface area contributed by atoms with E-state index in [9.17, 15) is 23.5 Å². The average molecular weight is 574 g/mol. The molecule has 1 aliphatic carbocycles. The normalized spacial score (nSPS) is 18.4. The molecule has 2 amide bonds. The fraction of sp³-hybridized carbons (Fsp3) is 0.533. The Morgan fingerprint density at radius 3 is 2.39 bits per heavy atom. The number of nitrogens with zero attached hydrogens (tertiary/aromatic N) is 3. The molecule has 1 aromatic heterocycles. The quantitative estimate of drug-likeness (QED) is 0.296. The van der Waals surface area contributed by atoms with Crippen molar-refractivity contribution in [2.45, 2.75) is 72.4 Å². The molecule has 11 heteroatoms. The molecule has 3 rings (SSSR count). The molecule has 1 unspecified atom stereocenters. The molecule has 0 radical (unpaired) electrons. The molecule has 2 aromatic rings. The molecular formula is C30H41F2N5O4. The van der Waals surface area contributed by atoms with E-state index < -0.39 is 35.0 Å². The highest BCUT2D eigenvalue weighted by atomic mass is 19.1. The summed E-state index contributed by atoms with van der Waals surface area (Å²) >= 11 is 0. The number of rotatable bonds is 15. The number of benzene rings is 1. The van der Waals surface area contributed by atoms with Crippen LogP contribution in [0.15, 0.2) is 46.0 Å². The van der Waals surface area contributed by atoms with Crippen LogP contribution in [-0.4, -0.2) is 57.7 Å². The minimum Gasteiger partial charge on any atom is -0.391 e. The van der Waals surface area contributed by atoms with E-state index in [1.54, 1.807) is 24.0 Å². The van der Waals surface area contributed by atoms with Gasteiger partial charge in [0.2, 0.25) is 17.7 Å². The number of amides is 2. The van der Waals surface area contributed by atoms with E-state index in [-0.39, 0.29) is 37.4 Å². The van der Waals surface area contributed by atoms with Crippen molar-refractivity contribution < 1.29 is 28.0 Å². The van der Waals surface area contributed by atoms with Gasteiger partial charge < -0.3 is 25.6 Å². The number of aromatic nitrogens is 2. The van der Waals surface area contributed by atoms with E-state index >= 15 is 0 Å². The van der Waals surface area contributed by atoms with Gasteiger partial charge in [0.15, 0.2) is 5.82 Å².